The number of nitrogens with zero attached hydrogens (tertiary/aromatic N) is 3. The maximum atomic E-state index is 12.8. The molecule has 1 N–H and O–H groups in total. The molecule has 2 aromatic carbocycles. The van der Waals surface area contributed by atoms with Crippen LogP contribution in [-0.4, -0.2) is 36.0 Å². The van der Waals surface area contributed by atoms with Gasteiger partial charge in [0.15, 0.2) is 5.76 Å². The first-order chi connectivity index (χ1) is 14.6. The Bertz CT molecular complexity index is 1280. The van der Waals surface area contributed by atoms with Gasteiger partial charge in [0.25, 0.3) is 0 Å². The molecule has 1 saturated heterocycles. The number of anilines is 2. The Morgan fingerprint density at radius 1 is 0.933 bits per heavy atom. The molecule has 1 fully saturated rings. The van der Waals surface area contributed by atoms with E-state index in [9.17, 15) is 8.42 Å². The molecule has 1 aliphatic heterocycles. The van der Waals surface area contributed by atoms with Gasteiger partial charge in [0.05, 0.1) is 16.6 Å². The molecule has 0 radical (unpaired) electrons. The van der Waals surface area contributed by atoms with E-state index in [0.29, 0.717) is 29.6 Å². The van der Waals surface area contributed by atoms with E-state index in [4.69, 9.17) is 4.52 Å². The van der Waals surface area contributed by atoms with Crippen molar-refractivity contribution in [3.8, 4) is 11.3 Å². The number of aromatic nitrogens is 2. The summed E-state index contributed by atoms with van der Waals surface area (Å²) in [6.07, 6.45) is 3.45. The highest BCUT2D eigenvalue weighted by Crippen LogP contribution is 2.26. The molecular formula is C22H20N4O3S. The molecule has 0 saturated carbocycles. The van der Waals surface area contributed by atoms with Crippen LogP contribution in [0.25, 0.3) is 22.2 Å². The van der Waals surface area contributed by atoms with Crippen LogP contribution in [0.15, 0.2) is 76.3 Å². The number of nitrogens with one attached hydrogen (secondary N) is 1. The lowest BCUT2D eigenvalue weighted by molar-refractivity contribution is 0.432. The van der Waals surface area contributed by atoms with Gasteiger partial charge in [0.2, 0.25) is 10.0 Å². The molecule has 30 heavy (non-hydrogen) atoms. The van der Waals surface area contributed by atoms with E-state index in [-0.39, 0.29) is 0 Å². The zero-order chi connectivity index (χ0) is 20.6. The van der Waals surface area contributed by atoms with E-state index in [1.165, 1.54) is 0 Å². The Morgan fingerprint density at radius 2 is 1.73 bits per heavy atom. The third-order valence-electron chi connectivity index (χ3n) is 5.24. The maximum absolute atomic E-state index is 12.8. The Hall–Kier alpha value is -3.23. The highest BCUT2D eigenvalue weighted by atomic mass is 32.2. The average Bonchev–Trinajstić information content (AvgIpc) is 3.48. The molecule has 4 aromatic rings. The molecule has 2 aromatic heterocycles. The second-order valence-corrected chi connectivity index (χ2v) is 9.18. The Morgan fingerprint density at radius 3 is 2.47 bits per heavy atom. The van der Waals surface area contributed by atoms with Gasteiger partial charge in [-0.1, -0.05) is 5.16 Å². The fourth-order valence-electron chi connectivity index (χ4n) is 3.64. The van der Waals surface area contributed by atoms with Gasteiger partial charge in [-0.3, -0.25) is 0 Å². The van der Waals surface area contributed by atoms with Crippen LogP contribution < -0.4 is 5.32 Å². The van der Waals surface area contributed by atoms with E-state index in [1.807, 2.05) is 42.5 Å². The minimum absolute atomic E-state index is 0.322. The Labute approximate surface area is 174 Å². The van der Waals surface area contributed by atoms with Crippen LogP contribution in [0.4, 0.5) is 11.5 Å². The molecular weight excluding hydrogens is 400 g/mol. The number of fused-ring (bicyclic) bond motifs is 1. The second-order valence-electron chi connectivity index (χ2n) is 7.24. The van der Waals surface area contributed by atoms with Gasteiger partial charge in [-0.2, -0.15) is 4.31 Å². The number of sulfonamides is 1. The number of benzene rings is 2. The molecule has 0 amide bonds. The third-order valence-corrected chi connectivity index (χ3v) is 7.14. The van der Waals surface area contributed by atoms with Crippen molar-refractivity contribution in [2.24, 2.45) is 0 Å². The summed E-state index contributed by atoms with van der Waals surface area (Å²) in [7, 11) is -3.43. The monoisotopic (exact) mass is 420 g/mol. The van der Waals surface area contributed by atoms with Gasteiger partial charge < -0.3 is 9.84 Å². The Balaban J connectivity index is 1.37. The largest absolute Gasteiger partial charge is 0.356 e. The molecule has 0 aliphatic carbocycles. The van der Waals surface area contributed by atoms with Crippen molar-refractivity contribution in [2.75, 3.05) is 18.4 Å². The van der Waals surface area contributed by atoms with Crippen molar-refractivity contribution in [1.82, 2.24) is 14.4 Å². The minimum Gasteiger partial charge on any atom is -0.356 e. The van der Waals surface area contributed by atoms with Crippen molar-refractivity contribution < 1.29 is 12.9 Å². The summed E-state index contributed by atoms with van der Waals surface area (Å²) < 4.78 is 32.3. The summed E-state index contributed by atoms with van der Waals surface area (Å²) in [6, 6.07) is 18.4. The van der Waals surface area contributed by atoms with Gasteiger partial charge in [-0.05, 0) is 67.4 Å². The summed E-state index contributed by atoms with van der Waals surface area (Å²) in [5.74, 6) is 1.40. The van der Waals surface area contributed by atoms with Crippen molar-refractivity contribution in [1.29, 1.82) is 0 Å². The molecule has 0 atom stereocenters. The lowest BCUT2D eigenvalue weighted by Gasteiger charge is -2.15. The summed E-state index contributed by atoms with van der Waals surface area (Å²) in [5, 5.41) is 7.79. The quantitative estimate of drug-likeness (QED) is 0.514. The van der Waals surface area contributed by atoms with E-state index in [1.54, 1.807) is 28.7 Å². The number of rotatable bonds is 5. The van der Waals surface area contributed by atoms with Crippen LogP contribution >= 0.6 is 0 Å². The lowest BCUT2D eigenvalue weighted by atomic mass is 10.1. The predicted octanol–water partition coefficient (Wildman–Crippen LogP) is 4.42. The molecule has 152 valence electrons. The second kappa shape index (κ2) is 7.55. The fourth-order valence-corrected chi connectivity index (χ4v) is 5.19. The first-order valence-corrected chi connectivity index (χ1v) is 11.2. The topological polar surface area (TPSA) is 88.3 Å². The molecule has 0 bridgehead atoms. The average molecular weight is 420 g/mol. The Kier molecular flexibility index (Phi) is 4.72. The molecule has 3 heterocycles. The molecule has 7 nitrogen and oxygen atoms in total. The highest BCUT2D eigenvalue weighted by Gasteiger charge is 2.27. The van der Waals surface area contributed by atoms with E-state index < -0.39 is 10.0 Å². The number of pyridine rings is 1. The SMILES string of the molecule is O=S(=O)(c1ccc2nc(Nc3ccc(-c4ccno4)cc3)ccc2c1)N1CCCC1. The van der Waals surface area contributed by atoms with Crippen molar-refractivity contribution >= 4 is 32.4 Å². The fraction of sp³-hybridized carbons (Fsp3) is 0.182. The molecule has 0 spiro atoms. The molecule has 0 unspecified atom stereocenters. The van der Waals surface area contributed by atoms with Crippen LogP contribution in [0.1, 0.15) is 12.8 Å². The third kappa shape index (κ3) is 3.55. The van der Waals surface area contributed by atoms with Gasteiger partial charge >= 0.3 is 0 Å². The first kappa shape index (κ1) is 18.8. The first-order valence-electron chi connectivity index (χ1n) is 9.79. The van der Waals surface area contributed by atoms with Crippen molar-refractivity contribution in [3.63, 3.8) is 0 Å². The molecule has 1 aliphatic rings. The molecule has 5 rings (SSSR count). The van der Waals surface area contributed by atoms with Crippen LogP contribution in [0, 0.1) is 0 Å². The minimum atomic E-state index is -3.43. The smallest absolute Gasteiger partial charge is 0.243 e. The summed E-state index contributed by atoms with van der Waals surface area (Å²) in [4.78, 5) is 4.94. The van der Waals surface area contributed by atoms with Gasteiger partial charge in [-0.25, -0.2) is 13.4 Å². The molecule has 8 heteroatoms. The van der Waals surface area contributed by atoms with Crippen molar-refractivity contribution in [3.05, 3.63) is 66.9 Å². The predicted molar refractivity (Wildman–Crippen MR) is 115 cm³/mol. The summed E-state index contributed by atoms with van der Waals surface area (Å²) >= 11 is 0. The highest BCUT2D eigenvalue weighted by molar-refractivity contribution is 7.89. The zero-order valence-electron chi connectivity index (χ0n) is 16.2. The lowest BCUT2D eigenvalue weighted by Crippen LogP contribution is -2.27. The van der Waals surface area contributed by atoms with Crippen LogP contribution in [0.2, 0.25) is 0 Å². The number of hydrogen-bond donors (Lipinski definition) is 1. The zero-order valence-corrected chi connectivity index (χ0v) is 17.0. The maximum Gasteiger partial charge on any atom is 0.243 e. The van der Waals surface area contributed by atoms with Crippen LogP contribution in [-0.2, 0) is 10.0 Å². The summed E-state index contributed by atoms with van der Waals surface area (Å²) in [6.45, 7) is 1.19. The normalized spacial score (nSPS) is 14.9. The van der Waals surface area contributed by atoms with E-state index in [0.717, 1.165) is 35.0 Å². The van der Waals surface area contributed by atoms with Gasteiger partial charge in [-0.15, -0.1) is 0 Å². The van der Waals surface area contributed by atoms with Crippen LogP contribution in [0.3, 0.4) is 0 Å². The number of hydrogen-bond acceptors (Lipinski definition) is 6. The van der Waals surface area contributed by atoms with E-state index >= 15 is 0 Å². The standard InChI is InChI=1S/C22H20N4O3S/c27-30(28,26-13-1-2-14-26)19-8-9-20-17(15-19)5-10-22(25-20)24-18-6-3-16(4-7-18)21-11-12-23-29-21/h3-12,15H,1-2,13-14H2,(H,24,25). The van der Waals surface area contributed by atoms with Crippen LogP contribution in [0.5, 0.6) is 0 Å². The summed E-state index contributed by atoms with van der Waals surface area (Å²) in [5.41, 5.74) is 2.56. The van der Waals surface area contributed by atoms with Gasteiger partial charge in [0, 0.05) is 35.8 Å². The van der Waals surface area contributed by atoms with E-state index in [2.05, 4.69) is 15.5 Å². The van der Waals surface area contributed by atoms with Gasteiger partial charge in [0.1, 0.15) is 5.82 Å². The van der Waals surface area contributed by atoms with Crippen molar-refractivity contribution in [2.45, 2.75) is 17.7 Å².